The van der Waals surface area contributed by atoms with Crippen LogP contribution >= 0.6 is 0 Å². The van der Waals surface area contributed by atoms with Crippen molar-refractivity contribution in [2.45, 2.75) is 90.2 Å². The zero-order valence-corrected chi connectivity index (χ0v) is 21.3. The van der Waals surface area contributed by atoms with Gasteiger partial charge >= 0.3 is 11.9 Å². The highest BCUT2D eigenvalue weighted by Crippen LogP contribution is 2.39. The second-order valence-electron chi connectivity index (χ2n) is 10.7. The van der Waals surface area contributed by atoms with Crippen LogP contribution in [0.2, 0.25) is 0 Å². The third kappa shape index (κ3) is 6.47. The Balaban J connectivity index is 1.78. The van der Waals surface area contributed by atoms with E-state index in [0.717, 1.165) is 77.7 Å². The fourth-order valence-corrected chi connectivity index (χ4v) is 5.21. The maximum absolute atomic E-state index is 13.8. The molecule has 0 amide bonds. The Morgan fingerprint density at radius 2 is 1.61 bits per heavy atom. The van der Waals surface area contributed by atoms with Gasteiger partial charge in [0.05, 0.1) is 18.6 Å². The summed E-state index contributed by atoms with van der Waals surface area (Å²) in [7, 11) is 1.72. The summed E-state index contributed by atoms with van der Waals surface area (Å²) in [5.74, 6) is -1.21. The van der Waals surface area contributed by atoms with Gasteiger partial charge in [-0.3, -0.25) is 14.6 Å². The molecule has 0 spiro atoms. The van der Waals surface area contributed by atoms with E-state index >= 15 is 0 Å². The minimum atomic E-state index is -1.20. The molecule has 1 unspecified atom stereocenters. The van der Waals surface area contributed by atoms with Gasteiger partial charge in [0, 0.05) is 39.9 Å². The molecule has 1 aliphatic carbocycles. The molecule has 3 fully saturated rings. The van der Waals surface area contributed by atoms with Gasteiger partial charge in [0.2, 0.25) is 0 Å². The van der Waals surface area contributed by atoms with Crippen molar-refractivity contribution in [2.24, 2.45) is 11.8 Å². The molecule has 0 radical (unpaired) electrons. The Labute approximate surface area is 199 Å². The highest BCUT2D eigenvalue weighted by molar-refractivity contribution is 5.79. The summed E-state index contributed by atoms with van der Waals surface area (Å²) in [5.41, 5.74) is -0.604. The second kappa shape index (κ2) is 11.5. The number of likely N-dealkylation sites (tertiary alicyclic amines) is 2. The van der Waals surface area contributed by atoms with Gasteiger partial charge in [-0.2, -0.15) is 0 Å². The summed E-state index contributed by atoms with van der Waals surface area (Å²) in [6, 6.07) is 0. The third-order valence-corrected chi connectivity index (χ3v) is 6.94. The average molecular weight is 469 g/mol. The highest BCUT2D eigenvalue weighted by Gasteiger charge is 2.58. The van der Waals surface area contributed by atoms with Crippen molar-refractivity contribution in [3.05, 3.63) is 0 Å². The summed E-state index contributed by atoms with van der Waals surface area (Å²) in [4.78, 5) is 30.4. The first kappa shape index (κ1) is 26.4. The number of ether oxygens (including phenoxy) is 4. The lowest BCUT2D eigenvalue weighted by atomic mass is 9.87. The van der Waals surface area contributed by atoms with Gasteiger partial charge in [0.25, 0.3) is 5.85 Å². The van der Waals surface area contributed by atoms with Crippen LogP contribution in [0.3, 0.4) is 0 Å². The van der Waals surface area contributed by atoms with Crippen LogP contribution in [-0.2, 0) is 28.5 Å². The monoisotopic (exact) mass is 468 g/mol. The van der Waals surface area contributed by atoms with Gasteiger partial charge in [-0.25, -0.2) is 4.79 Å². The Morgan fingerprint density at radius 1 is 0.970 bits per heavy atom. The zero-order valence-electron chi connectivity index (χ0n) is 21.3. The van der Waals surface area contributed by atoms with E-state index in [0.29, 0.717) is 12.5 Å². The van der Waals surface area contributed by atoms with Crippen molar-refractivity contribution in [3.8, 4) is 0 Å². The molecule has 1 atom stereocenters. The standard InChI is InChI=1S/C25H44N2O6/c1-6-31-22(28)20-9-11-21(12-10-20)32-25(26-14-7-8-15-26,23(29)33-24(2,3)4)27-17-19(18-27)13-16-30-5/h19-21H,6-18H2,1-5H3. The Morgan fingerprint density at radius 3 is 2.15 bits per heavy atom. The van der Waals surface area contributed by atoms with Crippen molar-refractivity contribution >= 4 is 11.9 Å². The summed E-state index contributed by atoms with van der Waals surface area (Å²) in [6.07, 6.45) is 5.90. The quantitative estimate of drug-likeness (QED) is 0.453. The summed E-state index contributed by atoms with van der Waals surface area (Å²) in [6.45, 7) is 11.9. The second-order valence-corrected chi connectivity index (χ2v) is 10.7. The molecule has 0 aromatic carbocycles. The summed E-state index contributed by atoms with van der Waals surface area (Å²) in [5, 5.41) is 0. The van der Waals surface area contributed by atoms with Crippen molar-refractivity contribution in [2.75, 3.05) is 46.5 Å². The van der Waals surface area contributed by atoms with Crippen LogP contribution in [0.15, 0.2) is 0 Å². The van der Waals surface area contributed by atoms with Gasteiger partial charge in [0.15, 0.2) is 0 Å². The average Bonchev–Trinajstić information content (AvgIpc) is 3.26. The zero-order chi connectivity index (χ0) is 24.1. The van der Waals surface area contributed by atoms with Gasteiger partial charge in [-0.1, -0.05) is 0 Å². The first-order valence-electron chi connectivity index (χ1n) is 12.8. The van der Waals surface area contributed by atoms with Crippen molar-refractivity contribution in [1.82, 2.24) is 9.80 Å². The van der Waals surface area contributed by atoms with Gasteiger partial charge in [-0.15, -0.1) is 0 Å². The van der Waals surface area contributed by atoms with Crippen LogP contribution in [0.25, 0.3) is 0 Å². The van der Waals surface area contributed by atoms with Crippen LogP contribution in [0, 0.1) is 11.8 Å². The topological polar surface area (TPSA) is 77.5 Å². The van der Waals surface area contributed by atoms with E-state index in [2.05, 4.69) is 9.80 Å². The molecule has 33 heavy (non-hydrogen) atoms. The largest absolute Gasteiger partial charge is 0.466 e. The molecular formula is C25H44N2O6. The fourth-order valence-electron chi connectivity index (χ4n) is 5.21. The smallest absolute Gasteiger partial charge is 0.371 e. The lowest BCUT2D eigenvalue weighted by molar-refractivity contribution is -0.294. The third-order valence-electron chi connectivity index (χ3n) is 6.94. The van der Waals surface area contributed by atoms with Crippen molar-refractivity contribution in [3.63, 3.8) is 0 Å². The first-order chi connectivity index (χ1) is 15.7. The number of carbonyl (C=O) groups is 2. The predicted molar refractivity (Wildman–Crippen MR) is 124 cm³/mol. The van der Waals surface area contributed by atoms with Crippen molar-refractivity contribution in [1.29, 1.82) is 0 Å². The lowest BCUT2D eigenvalue weighted by Crippen LogP contribution is -2.73. The maximum Gasteiger partial charge on any atom is 0.371 e. The number of esters is 2. The molecular weight excluding hydrogens is 424 g/mol. The van der Waals surface area contributed by atoms with Crippen LogP contribution in [0.5, 0.6) is 0 Å². The molecule has 190 valence electrons. The Hall–Kier alpha value is -1.22. The van der Waals surface area contributed by atoms with Crippen LogP contribution < -0.4 is 0 Å². The van der Waals surface area contributed by atoms with Crippen LogP contribution in [0.4, 0.5) is 0 Å². The summed E-state index contributed by atoms with van der Waals surface area (Å²) < 4.78 is 23.3. The molecule has 2 heterocycles. The SMILES string of the molecule is CCOC(=O)C1CCC(OC(C(=O)OC(C)(C)C)(N2CCCC2)N2CC(CCOC)C2)CC1. The van der Waals surface area contributed by atoms with Crippen molar-refractivity contribution < 1.29 is 28.5 Å². The molecule has 0 bridgehead atoms. The predicted octanol–water partition coefficient (Wildman–Crippen LogP) is 3.18. The van der Waals surface area contributed by atoms with E-state index in [1.54, 1.807) is 7.11 Å². The molecule has 2 saturated heterocycles. The van der Waals surface area contributed by atoms with Gasteiger partial charge < -0.3 is 18.9 Å². The molecule has 8 heteroatoms. The van der Waals surface area contributed by atoms with Crippen LogP contribution in [-0.4, -0.2) is 85.8 Å². The molecule has 0 aromatic heterocycles. The number of nitrogens with zero attached hydrogens (tertiary/aromatic N) is 2. The maximum atomic E-state index is 13.8. The number of rotatable bonds is 10. The fraction of sp³-hybridized carbons (Fsp3) is 0.920. The lowest BCUT2D eigenvalue weighted by Gasteiger charge is -2.55. The Kier molecular flexibility index (Phi) is 9.17. The van der Waals surface area contributed by atoms with E-state index in [1.807, 2.05) is 27.7 Å². The molecule has 8 nitrogen and oxygen atoms in total. The minimum Gasteiger partial charge on any atom is -0.466 e. The van der Waals surface area contributed by atoms with E-state index in [-0.39, 0.29) is 24.0 Å². The highest BCUT2D eigenvalue weighted by atomic mass is 16.6. The number of carbonyl (C=O) groups excluding carboxylic acids is 2. The van der Waals surface area contributed by atoms with E-state index < -0.39 is 11.4 Å². The van der Waals surface area contributed by atoms with Gasteiger partial charge in [0.1, 0.15) is 5.60 Å². The summed E-state index contributed by atoms with van der Waals surface area (Å²) >= 11 is 0. The normalized spacial score (nSPS) is 27.1. The molecule has 2 aliphatic heterocycles. The Bertz CT molecular complexity index is 646. The number of hydrogen-bond donors (Lipinski definition) is 0. The van der Waals surface area contributed by atoms with E-state index in [4.69, 9.17) is 18.9 Å². The number of methoxy groups -OCH3 is 1. The van der Waals surface area contributed by atoms with Crippen LogP contribution in [0.1, 0.15) is 72.6 Å². The van der Waals surface area contributed by atoms with E-state index in [1.165, 1.54) is 0 Å². The molecule has 1 saturated carbocycles. The molecule has 0 N–H and O–H groups in total. The van der Waals surface area contributed by atoms with Gasteiger partial charge in [-0.05, 0) is 78.6 Å². The molecule has 3 aliphatic rings. The number of hydrogen-bond acceptors (Lipinski definition) is 8. The first-order valence-corrected chi connectivity index (χ1v) is 12.8. The molecule has 3 rings (SSSR count). The minimum absolute atomic E-state index is 0.0741. The molecule has 0 aromatic rings. The van der Waals surface area contributed by atoms with E-state index in [9.17, 15) is 9.59 Å².